The van der Waals surface area contributed by atoms with E-state index in [9.17, 15) is 0 Å². The second kappa shape index (κ2) is 6.53. The van der Waals surface area contributed by atoms with Gasteiger partial charge in [-0.2, -0.15) is 0 Å². The van der Waals surface area contributed by atoms with Gasteiger partial charge in [0, 0.05) is 25.1 Å². The highest BCUT2D eigenvalue weighted by Crippen LogP contribution is 2.24. The van der Waals surface area contributed by atoms with Crippen LogP contribution in [0.3, 0.4) is 0 Å². The fraction of sp³-hybridized carbons (Fsp3) is 0.647. The van der Waals surface area contributed by atoms with Crippen molar-refractivity contribution >= 4 is 0 Å². The van der Waals surface area contributed by atoms with Crippen molar-refractivity contribution in [2.45, 2.75) is 57.1 Å². The Morgan fingerprint density at radius 3 is 2.63 bits per heavy atom. The Kier molecular flexibility index (Phi) is 5.00. The van der Waals surface area contributed by atoms with E-state index in [0.29, 0.717) is 12.1 Å². The molecule has 2 nitrogen and oxygen atoms in total. The lowest BCUT2D eigenvalue weighted by Gasteiger charge is -2.33. The van der Waals surface area contributed by atoms with Gasteiger partial charge in [-0.15, -0.1) is 0 Å². The van der Waals surface area contributed by atoms with Crippen LogP contribution >= 0.6 is 0 Å². The number of hydrogen-bond acceptors (Lipinski definition) is 2. The molecule has 0 heterocycles. The summed E-state index contributed by atoms with van der Waals surface area (Å²) in [7, 11) is 1.83. The summed E-state index contributed by atoms with van der Waals surface area (Å²) in [6.07, 6.45) is 5.39. The Labute approximate surface area is 117 Å². The SMILES string of the molecule is COC1CCCC(NCC(C)(C)c2ccccc2)C1. The summed E-state index contributed by atoms with van der Waals surface area (Å²) in [6.45, 7) is 5.65. The highest BCUT2D eigenvalue weighted by molar-refractivity contribution is 5.23. The second-order valence-electron chi connectivity index (χ2n) is 6.35. The number of ether oxygens (including phenoxy) is 1. The Morgan fingerprint density at radius 2 is 1.95 bits per heavy atom. The van der Waals surface area contributed by atoms with Crippen LogP contribution in [0.1, 0.15) is 45.1 Å². The van der Waals surface area contributed by atoms with Crippen molar-refractivity contribution in [1.29, 1.82) is 0 Å². The number of hydrogen-bond donors (Lipinski definition) is 1. The molecule has 2 atom stereocenters. The van der Waals surface area contributed by atoms with Gasteiger partial charge in [0.2, 0.25) is 0 Å². The maximum absolute atomic E-state index is 5.50. The maximum atomic E-state index is 5.50. The standard InChI is InChI=1S/C17H27NO/c1-17(2,14-8-5-4-6-9-14)13-18-15-10-7-11-16(12-15)19-3/h4-6,8-9,15-16,18H,7,10-13H2,1-3H3. The molecule has 2 heteroatoms. The fourth-order valence-corrected chi connectivity index (χ4v) is 2.94. The third kappa shape index (κ3) is 4.05. The van der Waals surface area contributed by atoms with Crippen LogP contribution < -0.4 is 5.32 Å². The summed E-state index contributed by atoms with van der Waals surface area (Å²) in [6, 6.07) is 11.4. The predicted octanol–water partition coefficient (Wildman–Crippen LogP) is 3.51. The number of methoxy groups -OCH3 is 1. The molecule has 1 aromatic carbocycles. The molecule has 1 fully saturated rings. The third-order valence-electron chi connectivity index (χ3n) is 4.35. The summed E-state index contributed by atoms with van der Waals surface area (Å²) in [5, 5.41) is 3.74. The number of benzene rings is 1. The molecular weight excluding hydrogens is 234 g/mol. The minimum Gasteiger partial charge on any atom is -0.381 e. The Morgan fingerprint density at radius 1 is 1.21 bits per heavy atom. The van der Waals surface area contributed by atoms with Crippen molar-refractivity contribution in [3.63, 3.8) is 0 Å². The molecule has 1 aliphatic carbocycles. The van der Waals surface area contributed by atoms with Gasteiger partial charge in [0.1, 0.15) is 0 Å². The average molecular weight is 261 g/mol. The fourth-order valence-electron chi connectivity index (χ4n) is 2.94. The van der Waals surface area contributed by atoms with E-state index in [1.54, 1.807) is 0 Å². The van der Waals surface area contributed by atoms with Gasteiger partial charge < -0.3 is 10.1 Å². The van der Waals surface area contributed by atoms with Crippen molar-refractivity contribution in [2.75, 3.05) is 13.7 Å². The molecule has 2 rings (SSSR count). The van der Waals surface area contributed by atoms with Crippen molar-refractivity contribution in [1.82, 2.24) is 5.32 Å². The lowest BCUT2D eigenvalue weighted by atomic mass is 9.83. The summed E-state index contributed by atoms with van der Waals surface area (Å²) in [5.74, 6) is 0. The van der Waals surface area contributed by atoms with Crippen LogP contribution in [0.5, 0.6) is 0 Å². The molecule has 1 N–H and O–H groups in total. The molecule has 0 aromatic heterocycles. The van der Waals surface area contributed by atoms with Gasteiger partial charge in [-0.1, -0.05) is 44.2 Å². The summed E-state index contributed by atoms with van der Waals surface area (Å²) in [5.41, 5.74) is 1.59. The van der Waals surface area contributed by atoms with Gasteiger partial charge in [-0.25, -0.2) is 0 Å². The zero-order chi connectivity index (χ0) is 13.7. The monoisotopic (exact) mass is 261 g/mol. The highest BCUT2D eigenvalue weighted by Gasteiger charge is 2.25. The van der Waals surface area contributed by atoms with Crippen molar-refractivity contribution in [3.8, 4) is 0 Å². The van der Waals surface area contributed by atoms with Crippen LogP contribution in [0, 0.1) is 0 Å². The molecule has 106 valence electrons. The third-order valence-corrected chi connectivity index (χ3v) is 4.35. The Balaban J connectivity index is 1.87. The van der Waals surface area contributed by atoms with Gasteiger partial charge in [-0.3, -0.25) is 0 Å². The maximum Gasteiger partial charge on any atom is 0.0586 e. The minimum atomic E-state index is 0.182. The van der Waals surface area contributed by atoms with Crippen LogP contribution in [-0.2, 0) is 10.2 Å². The number of rotatable bonds is 5. The molecule has 0 radical (unpaired) electrons. The number of nitrogens with one attached hydrogen (secondary N) is 1. The van der Waals surface area contributed by atoms with E-state index in [1.807, 2.05) is 7.11 Å². The van der Waals surface area contributed by atoms with E-state index >= 15 is 0 Å². The summed E-state index contributed by atoms with van der Waals surface area (Å²) < 4.78 is 5.50. The van der Waals surface area contributed by atoms with Crippen molar-refractivity contribution in [2.24, 2.45) is 0 Å². The van der Waals surface area contributed by atoms with Crippen LogP contribution in [0.25, 0.3) is 0 Å². The zero-order valence-corrected chi connectivity index (χ0v) is 12.5. The molecule has 1 aliphatic rings. The van der Waals surface area contributed by atoms with Gasteiger partial charge >= 0.3 is 0 Å². The van der Waals surface area contributed by atoms with E-state index < -0.39 is 0 Å². The molecule has 0 aliphatic heterocycles. The van der Waals surface area contributed by atoms with Gasteiger partial charge in [-0.05, 0) is 31.2 Å². The van der Waals surface area contributed by atoms with E-state index in [2.05, 4.69) is 49.5 Å². The largest absolute Gasteiger partial charge is 0.381 e. The van der Waals surface area contributed by atoms with Crippen LogP contribution in [0.4, 0.5) is 0 Å². The summed E-state index contributed by atoms with van der Waals surface area (Å²) >= 11 is 0. The molecule has 1 saturated carbocycles. The van der Waals surface area contributed by atoms with Gasteiger partial charge in [0.25, 0.3) is 0 Å². The summed E-state index contributed by atoms with van der Waals surface area (Å²) in [4.78, 5) is 0. The molecule has 2 unspecified atom stereocenters. The average Bonchev–Trinajstić information content (AvgIpc) is 2.46. The normalized spacial score (nSPS) is 24.4. The first-order valence-corrected chi connectivity index (χ1v) is 7.43. The quantitative estimate of drug-likeness (QED) is 0.875. The predicted molar refractivity (Wildman–Crippen MR) is 80.5 cm³/mol. The molecule has 1 aromatic rings. The first kappa shape index (κ1) is 14.5. The molecular formula is C17H27NO. The smallest absolute Gasteiger partial charge is 0.0586 e. The first-order chi connectivity index (χ1) is 9.12. The second-order valence-corrected chi connectivity index (χ2v) is 6.35. The topological polar surface area (TPSA) is 21.3 Å². The van der Waals surface area contributed by atoms with Crippen molar-refractivity contribution in [3.05, 3.63) is 35.9 Å². The lowest BCUT2D eigenvalue weighted by Crippen LogP contribution is -2.42. The van der Waals surface area contributed by atoms with Gasteiger partial charge in [0.05, 0.1) is 6.10 Å². The van der Waals surface area contributed by atoms with E-state index in [1.165, 1.54) is 24.8 Å². The van der Waals surface area contributed by atoms with E-state index in [0.717, 1.165) is 13.0 Å². The zero-order valence-electron chi connectivity index (χ0n) is 12.5. The molecule has 0 spiro atoms. The first-order valence-electron chi connectivity index (χ1n) is 7.43. The Hall–Kier alpha value is -0.860. The minimum absolute atomic E-state index is 0.182. The van der Waals surface area contributed by atoms with Crippen molar-refractivity contribution < 1.29 is 4.74 Å². The Bertz CT molecular complexity index is 374. The van der Waals surface area contributed by atoms with E-state index in [-0.39, 0.29) is 5.41 Å². The van der Waals surface area contributed by atoms with Crippen LogP contribution in [-0.4, -0.2) is 25.8 Å². The van der Waals surface area contributed by atoms with E-state index in [4.69, 9.17) is 4.74 Å². The van der Waals surface area contributed by atoms with Crippen LogP contribution in [0.15, 0.2) is 30.3 Å². The lowest BCUT2D eigenvalue weighted by molar-refractivity contribution is 0.0581. The highest BCUT2D eigenvalue weighted by atomic mass is 16.5. The molecule has 0 saturated heterocycles. The molecule has 0 bridgehead atoms. The molecule has 19 heavy (non-hydrogen) atoms. The van der Waals surface area contributed by atoms with Crippen LogP contribution in [0.2, 0.25) is 0 Å². The van der Waals surface area contributed by atoms with Gasteiger partial charge in [0.15, 0.2) is 0 Å². The molecule has 0 amide bonds.